The maximum atomic E-state index is 11.2. The van der Waals surface area contributed by atoms with Gasteiger partial charge in [-0.1, -0.05) is 81.5 Å². The van der Waals surface area contributed by atoms with Crippen LogP contribution in [0.2, 0.25) is 0 Å². The summed E-state index contributed by atoms with van der Waals surface area (Å²) in [4.78, 5) is 16.0. The minimum Gasteiger partial charge on any atom is -0.489 e. The van der Waals surface area contributed by atoms with Crippen molar-refractivity contribution in [3.63, 3.8) is 0 Å². The number of carbonyl (C=O) groups is 1. The van der Waals surface area contributed by atoms with Gasteiger partial charge < -0.3 is 14.6 Å². The standard InChI is InChI=1S/C32H39NO4.C2H6/c1-4-5-6-14-28(24(2)37-25(3)32(34)35)23-36-30-21-19-26(20-22-30)12-7-9-16-29-17-11-15-27-13-8-10-18-31(27)33-29;1-2/h5-6,8,10-11,13-15,18-22,24-25H,4,7,9,12,16-17,23H2,1-3H3,(H,34,35);1-2H3/b6-5-,28-14-;. The number of hydrogen-bond acceptors (Lipinski definition) is 4. The van der Waals surface area contributed by atoms with Crippen molar-refractivity contribution < 1.29 is 19.4 Å². The molecule has 5 heteroatoms. The Balaban J connectivity index is 0.00000260. The van der Waals surface area contributed by atoms with Crippen molar-refractivity contribution in [2.45, 2.75) is 85.4 Å². The summed E-state index contributed by atoms with van der Waals surface area (Å²) >= 11 is 0. The largest absolute Gasteiger partial charge is 0.489 e. The molecular formula is C34H45NO4. The van der Waals surface area contributed by atoms with Crippen LogP contribution >= 0.6 is 0 Å². The Morgan fingerprint density at radius 2 is 1.74 bits per heavy atom. The number of unbranched alkanes of at least 4 members (excludes halogenated alkanes) is 1. The molecule has 2 aromatic carbocycles. The van der Waals surface area contributed by atoms with Crippen LogP contribution < -0.4 is 4.74 Å². The van der Waals surface area contributed by atoms with Crippen LogP contribution in [0.1, 0.15) is 77.8 Å². The number of carboxylic acid groups (broad SMARTS) is 1. The number of aliphatic imine (C=N–C) groups is 1. The second-order valence-corrected chi connectivity index (χ2v) is 9.32. The van der Waals surface area contributed by atoms with E-state index in [4.69, 9.17) is 19.6 Å². The average molecular weight is 532 g/mol. The zero-order chi connectivity index (χ0) is 28.5. The van der Waals surface area contributed by atoms with Gasteiger partial charge in [0.2, 0.25) is 0 Å². The Morgan fingerprint density at radius 3 is 2.46 bits per heavy atom. The maximum absolute atomic E-state index is 11.2. The van der Waals surface area contributed by atoms with Gasteiger partial charge in [-0.15, -0.1) is 0 Å². The van der Waals surface area contributed by atoms with E-state index in [9.17, 15) is 4.79 Å². The van der Waals surface area contributed by atoms with Crippen LogP contribution in [0.4, 0.5) is 5.69 Å². The number of rotatable bonds is 14. The molecule has 1 heterocycles. The molecule has 0 aromatic heterocycles. The molecule has 0 saturated heterocycles. The van der Waals surface area contributed by atoms with Gasteiger partial charge in [-0.05, 0) is 80.9 Å². The zero-order valence-electron chi connectivity index (χ0n) is 24.2. The van der Waals surface area contributed by atoms with Gasteiger partial charge >= 0.3 is 5.97 Å². The first kappa shape index (κ1) is 31.8. The third-order valence-electron chi connectivity index (χ3n) is 6.34. The highest BCUT2D eigenvalue weighted by molar-refractivity contribution is 5.91. The second-order valence-electron chi connectivity index (χ2n) is 9.32. The molecule has 0 radical (unpaired) electrons. The quantitative estimate of drug-likeness (QED) is 0.195. The molecule has 5 nitrogen and oxygen atoms in total. The number of carboxylic acids is 1. The number of para-hydroxylation sites is 1. The van der Waals surface area contributed by atoms with Crippen LogP contribution in [0.15, 0.2) is 83.4 Å². The van der Waals surface area contributed by atoms with Crippen LogP contribution in [0.25, 0.3) is 6.08 Å². The highest BCUT2D eigenvalue weighted by Crippen LogP contribution is 2.25. The molecule has 0 fully saturated rings. The fraction of sp³-hybridized carbons (Fsp3) is 0.412. The van der Waals surface area contributed by atoms with E-state index < -0.39 is 12.1 Å². The van der Waals surface area contributed by atoms with Gasteiger partial charge in [-0.2, -0.15) is 0 Å². The first-order chi connectivity index (χ1) is 19.0. The van der Waals surface area contributed by atoms with Gasteiger partial charge in [0.25, 0.3) is 0 Å². The molecule has 210 valence electrons. The number of ether oxygens (including phenoxy) is 2. The van der Waals surface area contributed by atoms with Crippen LogP contribution in [0, 0.1) is 0 Å². The lowest BCUT2D eigenvalue weighted by atomic mass is 10.0. The third kappa shape index (κ3) is 11.5. The van der Waals surface area contributed by atoms with Gasteiger partial charge in [0.15, 0.2) is 6.10 Å². The average Bonchev–Trinajstić information content (AvgIpc) is 3.16. The monoisotopic (exact) mass is 531 g/mol. The molecule has 2 aromatic rings. The highest BCUT2D eigenvalue weighted by atomic mass is 16.5. The lowest BCUT2D eigenvalue weighted by molar-refractivity contribution is -0.151. The second kappa shape index (κ2) is 18.0. The van der Waals surface area contributed by atoms with Gasteiger partial charge in [-0.25, -0.2) is 4.79 Å². The Morgan fingerprint density at radius 1 is 1.03 bits per heavy atom. The number of nitrogens with zero attached hydrogens (tertiary/aromatic N) is 1. The molecule has 1 aliphatic rings. The number of benzene rings is 2. The fourth-order valence-corrected chi connectivity index (χ4v) is 4.08. The molecule has 0 amide bonds. The van der Waals surface area contributed by atoms with Crippen molar-refractivity contribution in [2.75, 3.05) is 6.61 Å². The van der Waals surface area contributed by atoms with E-state index >= 15 is 0 Å². The van der Waals surface area contributed by atoms with Gasteiger partial charge in [0.05, 0.1) is 11.8 Å². The predicted molar refractivity (Wildman–Crippen MR) is 163 cm³/mol. The van der Waals surface area contributed by atoms with Crippen LogP contribution in [0.3, 0.4) is 0 Å². The van der Waals surface area contributed by atoms with Crippen molar-refractivity contribution in [3.05, 3.63) is 89.5 Å². The molecule has 0 spiro atoms. The third-order valence-corrected chi connectivity index (χ3v) is 6.34. The number of aliphatic carboxylic acids is 1. The Hall–Kier alpha value is -3.44. The molecule has 2 atom stereocenters. The molecule has 0 saturated carbocycles. The van der Waals surface area contributed by atoms with Crippen LogP contribution in [0.5, 0.6) is 5.75 Å². The predicted octanol–water partition coefficient (Wildman–Crippen LogP) is 8.76. The molecular weight excluding hydrogens is 486 g/mol. The number of aryl methyl sites for hydroxylation is 1. The minimum atomic E-state index is -0.976. The summed E-state index contributed by atoms with van der Waals surface area (Å²) in [6.45, 7) is 9.79. The van der Waals surface area contributed by atoms with E-state index in [1.54, 1.807) is 0 Å². The maximum Gasteiger partial charge on any atom is 0.332 e. The summed E-state index contributed by atoms with van der Waals surface area (Å²) in [7, 11) is 0. The fourth-order valence-electron chi connectivity index (χ4n) is 4.08. The lowest BCUT2D eigenvalue weighted by Gasteiger charge is -2.20. The van der Waals surface area contributed by atoms with E-state index in [0.29, 0.717) is 6.61 Å². The summed E-state index contributed by atoms with van der Waals surface area (Å²) in [5.74, 6) is -0.193. The van der Waals surface area contributed by atoms with Crippen molar-refractivity contribution >= 4 is 23.4 Å². The zero-order valence-corrected chi connectivity index (χ0v) is 24.2. The van der Waals surface area contributed by atoms with Gasteiger partial charge in [-0.3, -0.25) is 4.99 Å². The topological polar surface area (TPSA) is 68.1 Å². The van der Waals surface area contributed by atoms with Gasteiger partial charge in [0, 0.05) is 12.1 Å². The van der Waals surface area contributed by atoms with E-state index in [0.717, 1.165) is 55.5 Å². The normalized spacial score (nSPS) is 14.5. The van der Waals surface area contributed by atoms with E-state index in [1.165, 1.54) is 23.8 Å². The first-order valence-electron chi connectivity index (χ1n) is 14.2. The molecule has 1 aliphatic heterocycles. The number of fused-ring (bicyclic) bond motifs is 1. The summed E-state index contributed by atoms with van der Waals surface area (Å²) in [6, 6.07) is 16.5. The van der Waals surface area contributed by atoms with Crippen molar-refractivity contribution in [2.24, 2.45) is 4.99 Å². The molecule has 0 aliphatic carbocycles. The Kier molecular flexibility index (Phi) is 14.6. The summed E-state index contributed by atoms with van der Waals surface area (Å²) in [5, 5.41) is 9.15. The van der Waals surface area contributed by atoms with Crippen molar-refractivity contribution in [1.82, 2.24) is 0 Å². The smallest absolute Gasteiger partial charge is 0.332 e. The SMILES string of the molecule is CC.CC/C=C\C=C(\COc1ccc(CCCCC2=Nc3ccccc3C=CC2)cc1)C(C)OC(C)C(=O)O. The van der Waals surface area contributed by atoms with Gasteiger partial charge in [0.1, 0.15) is 12.4 Å². The number of hydrogen-bond donors (Lipinski definition) is 1. The molecule has 0 bridgehead atoms. The molecule has 2 unspecified atom stereocenters. The molecule has 1 N–H and O–H groups in total. The minimum absolute atomic E-state index is 0.334. The molecule has 3 rings (SSSR count). The Bertz CT molecular complexity index is 1130. The summed E-state index contributed by atoms with van der Waals surface area (Å²) in [6.07, 6.45) is 15.2. The Labute approximate surface area is 235 Å². The van der Waals surface area contributed by atoms with E-state index in [2.05, 4.69) is 49.4 Å². The summed E-state index contributed by atoms with van der Waals surface area (Å²) in [5.41, 5.74) is 5.68. The summed E-state index contributed by atoms with van der Waals surface area (Å²) < 4.78 is 11.7. The van der Waals surface area contributed by atoms with Crippen molar-refractivity contribution in [3.8, 4) is 5.75 Å². The number of allylic oxidation sites excluding steroid dienone is 4. The lowest BCUT2D eigenvalue weighted by Crippen LogP contribution is -2.27. The van der Waals surface area contributed by atoms with E-state index in [1.807, 2.05) is 57.2 Å². The first-order valence-corrected chi connectivity index (χ1v) is 14.2. The van der Waals surface area contributed by atoms with E-state index in [-0.39, 0.29) is 6.10 Å². The van der Waals surface area contributed by atoms with Crippen LogP contribution in [-0.4, -0.2) is 35.6 Å². The highest BCUT2D eigenvalue weighted by Gasteiger charge is 2.18. The van der Waals surface area contributed by atoms with Crippen LogP contribution in [-0.2, 0) is 16.0 Å². The van der Waals surface area contributed by atoms with Crippen molar-refractivity contribution in [1.29, 1.82) is 0 Å². The molecule has 39 heavy (non-hydrogen) atoms.